The Morgan fingerprint density at radius 1 is 1.07 bits per heavy atom. The predicted molar refractivity (Wildman–Crippen MR) is 110 cm³/mol. The van der Waals surface area contributed by atoms with Crippen molar-refractivity contribution in [2.75, 3.05) is 18.4 Å². The van der Waals surface area contributed by atoms with Crippen molar-refractivity contribution in [2.24, 2.45) is 0 Å². The highest BCUT2D eigenvalue weighted by molar-refractivity contribution is 7.13. The fourth-order valence-corrected chi connectivity index (χ4v) is 4.24. The number of amides is 2. The van der Waals surface area contributed by atoms with Crippen LogP contribution >= 0.6 is 11.3 Å². The monoisotopic (exact) mass is 385 g/mol. The largest absolute Gasteiger partial charge is 0.371 e. The van der Waals surface area contributed by atoms with Crippen LogP contribution in [0.1, 0.15) is 41.2 Å². The topological polar surface area (TPSA) is 61.4 Å². The number of benzene rings is 1. The summed E-state index contributed by atoms with van der Waals surface area (Å²) in [7, 11) is 0. The van der Waals surface area contributed by atoms with E-state index in [9.17, 15) is 9.59 Å². The summed E-state index contributed by atoms with van der Waals surface area (Å²) in [5, 5.41) is 6.51. The molecule has 1 aliphatic heterocycles. The molecular weight excluding hydrogens is 358 g/mol. The first-order valence-corrected chi connectivity index (χ1v) is 10.2. The fraction of sp³-hybridized carbons (Fsp3) is 0.429. The summed E-state index contributed by atoms with van der Waals surface area (Å²) in [5.74, 6) is 0.0612. The molecule has 0 radical (unpaired) electrons. The van der Waals surface area contributed by atoms with Crippen molar-refractivity contribution in [2.45, 2.75) is 45.2 Å². The highest BCUT2D eigenvalue weighted by Crippen LogP contribution is 2.29. The zero-order valence-corrected chi connectivity index (χ0v) is 16.9. The average molecular weight is 386 g/mol. The molecule has 2 aromatic rings. The maximum Gasteiger partial charge on any atom is 0.263 e. The molecule has 27 heavy (non-hydrogen) atoms. The molecule has 6 heteroatoms. The molecule has 0 unspecified atom stereocenters. The first-order chi connectivity index (χ1) is 12.9. The van der Waals surface area contributed by atoms with Gasteiger partial charge in [-0.25, -0.2) is 0 Å². The first-order valence-electron chi connectivity index (χ1n) is 9.39. The fourth-order valence-electron chi connectivity index (χ4n) is 3.40. The Hall–Kier alpha value is -2.34. The minimum atomic E-state index is -0.701. The van der Waals surface area contributed by atoms with E-state index < -0.39 is 5.54 Å². The Bertz CT molecular complexity index is 793. The van der Waals surface area contributed by atoms with E-state index >= 15 is 0 Å². The van der Waals surface area contributed by atoms with Gasteiger partial charge in [0.1, 0.15) is 5.54 Å². The average Bonchev–Trinajstić information content (AvgIpc) is 3.08. The molecule has 1 fully saturated rings. The maximum atomic E-state index is 13.0. The molecule has 2 N–H and O–H groups in total. The molecule has 1 saturated heterocycles. The molecule has 144 valence electrons. The van der Waals surface area contributed by atoms with Crippen LogP contribution in [0.3, 0.4) is 0 Å². The van der Waals surface area contributed by atoms with E-state index in [0.29, 0.717) is 25.9 Å². The van der Waals surface area contributed by atoms with Gasteiger partial charge in [0.2, 0.25) is 5.91 Å². The first kappa shape index (κ1) is 19.4. The lowest BCUT2D eigenvalue weighted by molar-refractivity contribution is -0.127. The summed E-state index contributed by atoms with van der Waals surface area (Å²) in [6.45, 7) is 7.04. The summed E-state index contributed by atoms with van der Waals surface area (Å²) in [5.41, 5.74) is 0.221. The lowest BCUT2D eigenvalue weighted by Gasteiger charge is -2.42. The molecular formula is C21H27N3O2S. The molecule has 0 saturated carbocycles. The summed E-state index contributed by atoms with van der Waals surface area (Å²) in [4.78, 5) is 29.5. The van der Waals surface area contributed by atoms with Crippen molar-refractivity contribution in [3.05, 3.63) is 52.2 Å². The predicted octanol–water partition coefficient (Wildman–Crippen LogP) is 3.67. The number of hydrogen-bond acceptors (Lipinski definition) is 4. The van der Waals surface area contributed by atoms with Crippen molar-refractivity contribution >= 4 is 28.8 Å². The van der Waals surface area contributed by atoms with Crippen LogP contribution in [-0.2, 0) is 4.79 Å². The number of para-hydroxylation sites is 1. The SMILES string of the molecule is Cc1ccc(C(=O)N2CCC(Nc3ccccc3)(C(=O)NC(C)C)CC2)s1. The van der Waals surface area contributed by atoms with Crippen molar-refractivity contribution in [3.63, 3.8) is 0 Å². The lowest BCUT2D eigenvalue weighted by Crippen LogP contribution is -2.59. The highest BCUT2D eigenvalue weighted by Gasteiger charge is 2.42. The van der Waals surface area contributed by atoms with Crippen LogP contribution in [0.5, 0.6) is 0 Å². The van der Waals surface area contributed by atoms with E-state index in [0.717, 1.165) is 15.4 Å². The number of nitrogens with zero attached hydrogens (tertiary/aromatic N) is 1. The lowest BCUT2D eigenvalue weighted by atomic mass is 9.85. The third-order valence-corrected chi connectivity index (χ3v) is 5.86. The molecule has 3 rings (SSSR count). The number of carbonyl (C=O) groups is 2. The van der Waals surface area contributed by atoms with Crippen LogP contribution in [0.15, 0.2) is 42.5 Å². The third-order valence-electron chi connectivity index (χ3n) is 4.87. The molecule has 1 aromatic heterocycles. The second-order valence-corrected chi connectivity index (χ2v) is 8.69. The normalized spacial score (nSPS) is 16.2. The molecule has 0 spiro atoms. The molecule has 5 nitrogen and oxygen atoms in total. The standard InChI is InChI=1S/C21H27N3O2S/c1-15(2)22-20(26)21(23-17-7-5-4-6-8-17)11-13-24(14-12-21)19(25)18-10-9-16(3)27-18/h4-10,15,23H,11-14H2,1-3H3,(H,22,26). The molecule has 0 bridgehead atoms. The number of nitrogens with one attached hydrogen (secondary N) is 2. The third kappa shape index (κ3) is 4.50. The van der Waals surface area contributed by atoms with E-state index in [4.69, 9.17) is 0 Å². The number of carbonyl (C=O) groups excluding carboxylic acids is 2. The van der Waals surface area contributed by atoms with Gasteiger partial charge in [-0.15, -0.1) is 11.3 Å². The van der Waals surface area contributed by atoms with Crippen LogP contribution in [0.2, 0.25) is 0 Å². The Kier molecular flexibility index (Phi) is 5.85. The van der Waals surface area contributed by atoms with Gasteiger partial charge in [-0.1, -0.05) is 18.2 Å². The van der Waals surface area contributed by atoms with Gasteiger partial charge in [-0.2, -0.15) is 0 Å². The minimum absolute atomic E-state index is 0.000389. The van der Waals surface area contributed by atoms with Gasteiger partial charge in [0.15, 0.2) is 0 Å². The molecule has 2 heterocycles. The second-order valence-electron chi connectivity index (χ2n) is 7.40. The molecule has 1 aliphatic rings. The quantitative estimate of drug-likeness (QED) is 0.826. The van der Waals surface area contributed by atoms with Gasteiger partial charge in [0.25, 0.3) is 5.91 Å². The van der Waals surface area contributed by atoms with Gasteiger partial charge in [-0.05, 0) is 57.9 Å². The summed E-state index contributed by atoms with van der Waals surface area (Å²) < 4.78 is 0. The van der Waals surface area contributed by atoms with Crippen LogP contribution in [0.25, 0.3) is 0 Å². The molecule has 2 amide bonds. The Morgan fingerprint density at radius 3 is 2.30 bits per heavy atom. The minimum Gasteiger partial charge on any atom is -0.371 e. The number of anilines is 1. The van der Waals surface area contributed by atoms with Gasteiger partial charge in [0, 0.05) is 29.7 Å². The van der Waals surface area contributed by atoms with Crippen molar-refractivity contribution in [3.8, 4) is 0 Å². The van der Waals surface area contributed by atoms with Gasteiger partial charge >= 0.3 is 0 Å². The summed E-state index contributed by atoms with van der Waals surface area (Å²) in [6, 6.07) is 13.7. The van der Waals surface area contributed by atoms with E-state index in [1.807, 2.05) is 68.1 Å². The molecule has 0 atom stereocenters. The number of rotatable bonds is 5. The van der Waals surface area contributed by atoms with E-state index in [1.165, 1.54) is 11.3 Å². The van der Waals surface area contributed by atoms with Crippen LogP contribution in [-0.4, -0.2) is 41.4 Å². The van der Waals surface area contributed by atoms with Crippen molar-refractivity contribution in [1.29, 1.82) is 0 Å². The van der Waals surface area contributed by atoms with Gasteiger partial charge in [0.05, 0.1) is 4.88 Å². The molecule has 0 aliphatic carbocycles. The smallest absolute Gasteiger partial charge is 0.263 e. The summed E-state index contributed by atoms with van der Waals surface area (Å²) in [6.07, 6.45) is 1.16. The Morgan fingerprint density at radius 2 is 1.74 bits per heavy atom. The summed E-state index contributed by atoms with van der Waals surface area (Å²) >= 11 is 1.52. The second kappa shape index (κ2) is 8.13. The number of aryl methyl sites for hydroxylation is 1. The number of piperidine rings is 1. The Balaban J connectivity index is 1.75. The number of hydrogen-bond donors (Lipinski definition) is 2. The Labute approximate surface area is 164 Å². The number of likely N-dealkylation sites (tertiary alicyclic amines) is 1. The number of thiophene rings is 1. The van der Waals surface area contributed by atoms with Crippen molar-refractivity contribution in [1.82, 2.24) is 10.2 Å². The van der Waals surface area contributed by atoms with E-state index in [1.54, 1.807) is 0 Å². The van der Waals surface area contributed by atoms with Gasteiger partial charge < -0.3 is 15.5 Å². The van der Waals surface area contributed by atoms with Gasteiger partial charge in [-0.3, -0.25) is 9.59 Å². The van der Waals surface area contributed by atoms with Crippen LogP contribution in [0, 0.1) is 6.92 Å². The van der Waals surface area contributed by atoms with Crippen molar-refractivity contribution < 1.29 is 9.59 Å². The highest BCUT2D eigenvalue weighted by atomic mass is 32.1. The van der Waals surface area contributed by atoms with E-state index in [-0.39, 0.29) is 17.9 Å². The van der Waals surface area contributed by atoms with E-state index in [2.05, 4.69) is 10.6 Å². The van der Waals surface area contributed by atoms with Crippen LogP contribution in [0.4, 0.5) is 5.69 Å². The van der Waals surface area contributed by atoms with Crippen LogP contribution < -0.4 is 10.6 Å². The zero-order valence-electron chi connectivity index (χ0n) is 16.1. The zero-order chi connectivity index (χ0) is 19.4. The molecule has 1 aromatic carbocycles. The maximum absolute atomic E-state index is 13.0.